The van der Waals surface area contributed by atoms with Gasteiger partial charge in [0.05, 0.1) is 17.2 Å². The van der Waals surface area contributed by atoms with Gasteiger partial charge in [-0.05, 0) is 26.0 Å². The number of carbonyl (C=O) groups is 1. The molecule has 18 heavy (non-hydrogen) atoms. The molecule has 2 rings (SSSR count). The average molecular weight is 264 g/mol. The number of aromatic nitrogens is 2. The maximum Gasteiger partial charge on any atom is 0.341 e. The van der Waals surface area contributed by atoms with E-state index >= 15 is 0 Å². The summed E-state index contributed by atoms with van der Waals surface area (Å²) in [7, 11) is 0. The number of nitrogens with zero attached hydrogens (tertiary/aromatic N) is 2. The van der Waals surface area contributed by atoms with E-state index in [0.717, 1.165) is 16.4 Å². The lowest BCUT2D eigenvalue weighted by molar-refractivity contribution is 0.0694. The summed E-state index contributed by atoms with van der Waals surface area (Å²) in [5.41, 5.74) is 0.779. The molecule has 2 aromatic heterocycles. The van der Waals surface area contributed by atoms with Crippen LogP contribution in [0.5, 0.6) is 0 Å². The Balaban J connectivity index is 2.47. The molecule has 5 nitrogen and oxygen atoms in total. The molecule has 0 aliphatic carbocycles. The Bertz CT molecular complexity index is 658. The van der Waals surface area contributed by atoms with Gasteiger partial charge in [0.15, 0.2) is 0 Å². The molecule has 2 aromatic rings. The molecule has 0 saturated heterocycles. The first-order chi connectivity index (χ1) is 8.49. The van der Waals surface area contributed by atoms with Gasteiger partial charge < -0.3 is 9.67 Å². The Morgan fingerprint density at radius 3 is 2.72 bits per heavy atom. The van der Waals surface area contributed by atoms with Gasteiger partial charge in [0.2, 0.25) is 0 Å². The fourth-order valence-corrected chi connectivity index (χ4v) is 2.28. The Hall–Kier alpha value is -1.95. The van der Waals surface area contributed by atoms with Crippen molar-refractivity contribution in [2.75, 3.05) is 0 Å². The van der Waals surface area contributed by atoms with Gasteiger partial charge in [-0.2, -0.15) is 0 Å². The topological polar surface area (TPSA) is 72.2 Å². The lowest BCUT2D eigenvalue weighted by Gasteiger charge is -2.08. The number of aryl methyl sites for hydroxylation is 2. The molecule has 0 saturated carbocycles. The van der Waals surface area contributed by atoms with Crippen molar-refractivity contribution in [3.05, 3.63) is 49.8 Å². The summed E-state index contributed by atoms with van der Waals surface area (Å²) < 4.78 is 1.43. The van der Waals surface area contributed by atoms with E-state index in [0.29, 0.717) is 6.54 Å². The van der Waals surface area contributed by atoms with Crippen molar-refractivity contribution in [2.45, 2.75) is 20.4 Å². The highest BCUT2D eigenvalue weighted by Gasteiger charge is 2.13. The van der Waals surface area contributed by atoms with Crippen LogP contribution in [0, 0.1) is 13.8 Å². The van der Waals surface area contributed by atoms with E-state index in [1.165, 1.54) is 22.0 Å². The number of hydrogen-bond acceptors (Lipinski definition) is 4. The van der Waals surface area contributed by atoms with E-state index in [1.807, 2.05) is 12.3 Å². The Kier molecular flexibility index (Phi) is 3.29. The third-order valence-corrected chi connectivity index (χ3v) is 3.43. The van der Waals surface area contributed by atoms with E-state index in [-0.39, 0.29) is 5.56 Å². The zero-order valence-corrected chi connectivity index (χ0v) is 10.8. The Labute approximate surface area is 107 Å². The molecular weight excluding hydrogens is 252 g/mol. The fourth-order valence-electron chi connectivity index (χ4n) is 1.67. The van der Waals surface area contributed by atoms with Crippen LogP contribution < -0.4 is 5.56 Å². The van der Waals surface area contributed by atoms with E-state index < -0.39 is 11.5 Å². The smallest absolute Gasteiger partial charge is 0.341 e. The molecule has 1 N–H and O–H groups in total. The van der Waals surface area contributed by atoms with Crippen LogP contribution in [-0.2, 0) is 6.54 Å². The molecule has 0 aliphatic heterocycles. The first kappa shape index (κ1) is 12.5. The minimum atomic E-state index is -1.21. The van der Waals surface area contributed by atoms with E-state index in [9.17, 15) is 9.59 Å². The summed E-state index contributed by atoms with van der Waals surface area (Å²) in [6.07, 6.45) is 0. The zero-order valence-electron chi connectivity index (χ0n) is 10.0. The van der Waals surface area contributed by atoms with Gasteiger partial charge in [-0.3, -0.25) is 4.79 Å². The molecule has 6 heteroatoms. The monoisotopic (exact) mass is 264 g/mol. The number of carboxylic acid groups (broad SMARTS) is 1. The molecule has 0 atom stereocenters. The second-order valence-corrected chi connectivity index (χ2v) is 5.00. The molecule has 0 spiro atoms. The van der Waals surface area contributed by atoms with E-state index in [1.54, 1.807) is 13.0 Å². The molecule has 94 valence electrons. The van der Waals surface area contributed by atoms with Crippen LogP contribution >= 0.6 is 11.3 Å². The van der Waals surface area contributed by atoms with Crippen molar-refractivity contribution in [3.63, 3.8) is 0 Å². The molecule has 0 radical (unpaired) electrons. The summed E-state index contributed by atoms with van der Waals surface area (Å²) in [6, 6.07) is 2.97. The summed E-state index contributed by atoms with van der Waals surface area (Å²) >= 11 is 1.50. The van der Waals surface area contributed by atoms with Crippen LogP contribution in [0.1, 0.15) is 26.8 Å². The third kappa shape index (κ3) is 2.33. The van der Waals surface area contributed by atoms with Gasteiger partial charge in [-0.1, -0.05) is 0 Å². The van der Waals surface area contributed by atoms with Crippen LogP contribution in [0.3, 0.4) is 0 Å². The molecule has 0 aliphatic rings. The maximum absolute atomic E-state index is 12.0. The van der Waals surface area contributed by atoms with Gasteiger partial charge >= 0.3 is 5.97 Å². The molecule has 2 heterocycles. The van der Waals surface area contributed by atoms with Crippen molar-refractivity contribution in [1.29, 1.82) is 0 Å². The highest BCUT2D eigenvalue weighted by atomic mass is 32.1. The molecule has 0 fully saturated rings. The van der Waals surface area contributed by atoms with Gasteiger partial charge in [0, 0.05) is 11.1 Å². The van der Waals surface area contributed by atoms with Crippen LogP contribution in [0.25, 0.3) is 0 Å². The molecular formula is C12H12N2O3S. The first-order valence-electron chi connectivity index (χ1n) is 5.34. The highest BCUT2D eigenvalue weighted by molar-refractivity contribution is 7.09. The number of aromatic carboxylic acids is 1. The number of rotatable bonds is 3. The minimum absolute atomic E-state index is 0.215. The van der Waals surface area contributed by atoms with E-state index in [2.05, 4.69) is 4.98 Å². The number of carboxylic acids is 1. The fraction of sp³-hybridized carbons (Fsp3) is 0.250. The second kappa shape index (κ2) is 4.73. The lowest BCUT2D eigenvalue weighted by Crippen LogP contribution is -2.28. The summed E-state index contributed by atoms with van der Waals surface area (Å²) in [5.74, 6) is -1.21. The molecule has 0 bridgehead atoms. The van der Waals surface area contributed by atoms with Crippen LogP contribution in [-0.4, -0.2) is 20.6 Å². The Morgan fingerprint density at radius 1 is 1.44 bits per heavy atom. The summed E-state index contributed by atoms with van der Waals surface area (Å²) in [4.78, 5) is 27.2. The normalized spacial score (nSPS) is 10.6. The standard InChI is InChI=1S/C12H12N2O3S/c1-7-3-4-10(12(16)17)11(15)14(7)5-9-6-18-8(2)13-9/h3-4,6H,5H2,1-2H3,(H,16,17). The lowest BCUT2D eigenvalue weighted by atomic mass is 10.2. The molecule has 0 unspecified atom stereocenters. The average Bonchev–Trinajstić information content (AvgIpc) is 2.69. The highest BCUT2D eigenvalue weighted by Crippen LogP contribution is 2.10. The van der Waals surface area contributed by atoms with Crippen molar-refractivity contribution in [3.8, 4) is 0 Å². The summed E-state index contributed by atoms with van der Waals surface area (Å²) in [6.45, 7) is 3.96. The minimum Gasteiger partial charge on any atom is -0.477 e. The van der Waals surface area contributed by atoms with Crippen molar-refractivity contribution in [2.24, 2.45) is 0 Å². The van der Waals surface area contributed by atoms with Crippen LogP contribution in [0.4, 0.5) is 0 Å². The van der Waals surface area contributed by atoms with Crippen LogP contribution in [0.2, 0.25) is 0 Å². The third-order valence-electron chi connectivity index (χ3n) is 2.61. The predicted molar refractivity (Wildman–Crippen MR) is 68.4 cm³/mol. The zero-order chi connectivity index (χ0) is 13.3. The van der Waals surface area contributed by atoms with E-state index in [4.69, 9.17) is 5.11 Å². The quantitative estimate of drug-likeness (QED) is 0.915. The van der Waals surface area contributed by atoms with Crippen molar-refractivity contribution >= 4 is 17.3 Å². The van der Waals surface area contributed by atoms with Crippen molar-refractivity contribution in [1.82, 2.24) is 9.55 Å². The maximum atomic E-state index is 12.0. The van der Waals surface area contributed by atoms with Crippen molar-refractivity contribution < 1.29 is 9.90 Å². The van der Waals surface area contributed by atoms with Gasteiger partial charge in [-0.25, -0.2) is 9.78 Å². The number of hydrogen-bond donors (Lipinski definition) is 1. The Morgan fingerprint density at radius 2 is 2.17 bits per heavy atom. The summed E-state index contributed by atoms with van der Waals surface area (Å²) in [5, 5.41) is 11.7. The largest absolute Gasteiger partial charge is 0.477 e. The number of thiazole rings is 1. The molecule has 0 aromatic carbocycles. The second-order valence-electron chi connectivity index (χ2n) is 3.94. The number of pyridine rings is 1. The predicted octanol–water partition coefficient (Wildman–Crippen LogP) is 1.67. The van der Waals surface area contributed by atoms with Gasteiger partial charge in [0.1, 0.15) is 5.56 Å². The molecule has 0 amide bonds. The SMILES string of the molecule is Cc1nc(Cn2c(C)ccc(C(=O)O)c2=O)cs1. The van der Waals surface area contributed by atoms with Gasteiger partial charge in [0.25, 0.3) is 5.56 Å². The van der Waals surface area contributed by atoms with Gasteiger partial charge in [-0.15, -0.1) is 11.3 Å². The first-order valence-corrected chi connectivity index (χ1v) is 6.21. The van der Waals surface area contributed by atoms with Crippen LogP contribution in [0.15, 0.2) is 22.3 Å².